The second-order valence-electron chi connectivity index (χ2n) is 10.8. The molecule has 9 rings (SSSR count). The molecule has 0 radical (unpaired) electrons. The van der Waals surface area contributed by atoms with E-state index >= 15 is 0 Å². The summed E-state index contributed by atoms with van der Waals surface area (Å²) in [4.78, 5) is 0. The van der Waals surface area contributed by atoms with E-state index in [1.54, 1.807) is 0 Å². The number of hydrogen-bond donors (Lipinski definition) is 0. The van der Waals surface area contributed by atoms with Gasteiger partial charge >= 0.3 is 0 Å². The average molecular weight is 521 g/mol. The Morgan fingerprint density at radius 1 is 0.341 bits per heavy atom. The number of hydrogen-bond acceptors (Lipinski definition) is 1. The molecule has 0 fully saturated rings. The van der Waals surface area contributed by atoms with Crippen LogP contribution in [0.1, 0.15) is 0 Å². The van der Waals surface area contributed by atoms with Gasteiger partial charge in [0.05, 0.1) is 0 Å². The normalized spacial score (nSPS) is 11.9. The van der Waals surface area contributed by atoms with Crippen LogP contribution in [0.5, 0.6) is 0 Å². The number of rotatable bonds is 2. The molecule has 1 heteroatoms. The maximum atomic E-state index is 6.19. The molecule has 1 aromatic heterocycles. The van der Waals surface area contributed by atoms with Crippen LogP contribution < -0.4 is 0 Å². The Morgan fingerprint density at radius 2 is 0.951 bits per heavy atom. The number of fused-ring (bicyclic) bond motifs is 8. The molecular formula is C40H24O. The maximum Gasteiger partial charge on any atom is 0.135 e. The minimum atomic E-state index is 0.918. The number of benzene rings is 8. The van der Waals surface area contributed by atoms with Gasteiger partial charge in [-0.2, -0.15) is 0 Å². The summed E-state index contributed by atoms with van der Waals surface area (Å²) in [6.07, 6.45) is 0. The predicted octanol–water partition coefficient (Wildman–Crippen LogP) is 11.5. The summed E-state index contributed by atoms with van der Waals surface area (Å²) in [5.41, 5.74) is 6.86. The third kappa shape index (κ3) is 3.24. The second kappa shape index (κ2) is 8.55. The van der Waals surface area contributed by atoms with Crippen LogP contribution in [0, 0.1) is 0 Å². The molecule has 0 spiro atoms. The fourth-order valence-electron chi connectivity index (χ4n) is 6.86. The van der Waals surface area contributed by atoms with Crippen molar-refractivity contribution in [2.75, 3.05) is 0 Å². The maximum absolute atomic E-state index is 6.19. The molecule has 9 aromatic rings. The standard InChI is InChI=1S/C40H24O/c1-3-13-28-25(10-1)12-9-18-31(28)40-33-17-6-5-16-32(33)38(34-22-20-26-11-2-4-14-29(26)39(34)40)27-21-23-37-35(24-27)30-15-7-8-19-36(30)41-37/h1-24H. The smallest absolute Gasteiger partial charge is 0.135 e. The van der Waals surface area contributed by atoms with Crippen molar-refractivity contribution in [1.29, 1.82) is 0 Å². The Bertz CT molecular complexity index is 2470. The van der Waals surface area contributed by atoms with E-state index in [2.05, 4.69) is 133 Å². The van der Waals surface area contributed by atoms with Crippen LogP contribution in [0.25, 0.3) is 87.3 Å². The Hall–Kier alpha value is -5.40. The molecule has 1 nitrogen and oxygen atoms in total. The first kappa shape index (κ1) is 22.4. The highest BCUT2D eigenvalue weighted by Gasteiger charge is 2.20. The molecule has 0 atom stereocenters. The van der Waals surface area contributed by atoms with Crippen molar-refractivity contribution in [3.8, 4) is 22.3 Å². The molecule has 0 aliphatic carbocycles. The van der Waals surface area contributed by atoms with Gasteiger partial charge in [0, 0.05) is 10.8 Å². The van der Waals surface area contributed by atoms with Gasteiger partial charge in [-0.05, 0) is 83.5 Å². The first-order chi connectivity index (χ1) is 20.3. The molecule has 190 valence electrons. The summed E-state index contributed by atoms with van der Waals surface area (Å²) in [6, 6.07) is 52.7. The van der Waals surface area contributed by atoms with Gasteiger partial charge in [-0.1, -0.05) is 127 Å². The van der Waals surface area contributed by atoms with Crippen molar-refractivity contribution >= 4 is 65.0 Å². The third-order valence-electron chi connectivity index (χ3n) is 8.64. The average Bonchev–Trinajstić information content (AvgIpc) is 3.41. The summed E-state index contributed by atoms with van der Waals surface area (Å²) in [5, 5.41) is 12.4. The third-order valence-corrected chi connectivity index (χ3v) is 8.64. The molecule has 0 N–H and O–H groups in total. The largest absolute Gasteiger partial charge is 0.456 e. The van der Waals surface area contributed by atoms with E-state index in [1.165, 1.54) is 65.3 Å². The summed E-state index contributed by atoms with van der Waals surface area (Å²) in [7, 11) is 0. The molecule has 41 heavy (non-hydrogen) atoms. The molecule has 0 aliphatic heterocycles. The zero-order valence-corrected chi connectivity index (χ0v) is 22.3. The first-order valence-electron chi connectivity index (χ1n) is 14.1. The molecular weight excluding hydrogens is 496 g/mol. The lowest BCUT2D eigenvalue weighted by Gasteiger charge is -2.20. The first-order valence-corrected chi connectivity index (χ1v) is 14.1. The van der Waals surface area contributed by atoms with Gasteiger partial charge < -0.3 is 4.42 Å². The van der Waals surface area contributed by atoms with E-state index in [4.69, 9.17) is 4.42 Å². The number of furan rings is 1. The molecule has 8 aromatic carbocycles. The lowest BCUT2D eigenvalue weighted by Crippen LogP contribution is -1.92. The van der Waals surface area contributed by atoms with Gasteiger partial charge in [0.1, 0.15) is 11.2 Å². The SMILES string of the molecule is c1ccc2c(-c3c4ccccc4c(-c4ccc5oc6ccccc6c5c4)c4ccc5ccccc5c34)cccc2c1. The van der Waals surface area contributed by atoms with Crippen LogP contribution in [0.4, 0.5) is 0 Å². The fourth-order valence-corrected chi connectivity index (χ4v) is 6.86. The van der Waals surface area contributed by atoms with Crippen LogP contribution in [-0.4, -0.2) is 0 Å². The molecule has 0 saturated carbocycles. The summed E-state index contributed by atoms with van der Waals surface area (Å²) >= 11 is 0. The van der Waals surface area contributed by atoms with Crippen molar-refractivity contribution < 1.29 is 4.42 Å². The van der Waals surface area contributed by atoms with Crippen LogP contribution in [0.15, 0.2) is 150 Å². The lowest BCUT2D eigenvalue weighted by molar-refractivity contribution is 0.669. The van der Waals surface area contributed by atoms with Crippen LogP contribution >= 0.6 is 0 Å². The van der Waals surface area contributed by atoms with Crippen molar-refractivity contribution in [2.45, 2.75) is 0 Å². The number of para-hydroxylation sites is 1. The monoisotopic (exact) mass is 520 g/mol. The minimum absolute atomic E-state index is 0.918. The molecule has 1 heterocycles. The predicted molar refractivity (Wildman–Crippen MR) is 175 cm³/mol. The fraction of sp³-hybridized carbons (Fsp3) is 0. The van der Waals surface area contributed by atoms with Crippen LogP contribution in [-0.2, 0) is 0 Å². The van der Waals surface area contributed by atoms with Gasteiger partial charge in [0.15, 0.2) is 0 Å². The topological polar surface area (TPSA) is 13.1 Å². The highest BCUT2D eigenvalue weighted by atomic mass is 16.3. The molecule has 0 aliphatic rings. The summed E-state index contributed by atoms with van der Waals surface area (Å²) < 4.78 is 6.19. The van der Waals surface area contributed by atoms with Crippen LogP contribution in [0.2, 0.25) is 0 Å². The van der Waals surface area contributed by atoms with Gasteiger partial charge in [-0.15, -0.1) is 0 Å². The van der Waals surface area contributed by atoms with E-state index in [9.17, 15) is 0 Å². The lowest BCUT2D eigenvalue weighted by atomic mass is 9.83. The molecule has 0 bridgehead atoms. The minimum Gasteiger partial charge on any atom is -0.456 e. The quantitative estimate of drug-likeness (QED) is 0.163. The van der Waals surface area contributed by atoms with Crippen molar-refractivity contribution in [2.24, 2.45) is 0 Å². The van der Waals surface area contributed by atoms with E-state index < -0.39 is 0 Å². The van der Waals surface area contributed by atoms with Crippen molar-refractivity contribution in [3.05, 3.63) is 146 Å². The molecule has 0 saturated heterocycles. The zero-order chi connectivity index (χ0) is 26.9. The van der Waals surface area contributed by atoms with E-state index in [0.29, 0.717) is 0 Å². The second-order valence-corrected chi connectivity index (χ2v) is 10.8. The zero-order valence-electron chi connectivity index (χ0n) is 22.3. The van der Waals surface area contributed by atoms with E-state index in [-0.39, 0.29) is 0 Å². The van der Waals surface area contributed by atoms with Gasteiger partial charge in [0.2, 0.25) is 0 Å². The Kier molecular flexibility index (Phi) is 4.67. The van der Waals surface area contributed by atoms with Gasteiger partial charge in [0.25, 0.3) is 0 Å². The van der Waals surface area contributed by atoms with Gasteiger partial charge in [-0.25, -0.2) is 0 Å². The summed E-state index contributed by atoms with van der Waals surface area (Å²) in [6.45, 7) is 0. The molecule has 0 amide bonds. The Balaban J connectivity index is 1.50. The molecule has 0 unspecified atom stereocenters. The van der Waals surface area contributed by atoms with Crippen LogP contribution in [0.3, 0.4) is 0 Å². The Morgan fingerprint density at radius 3 is 1.78 bits per heavy atom. The Labute approximate surface area is 236 Å². The highest BCUT2D eigenvalue weighted by molar-refractivity contribution is 6.29. The van der Waals surface area contributed by atoms with E-state index in [1.807, 2.05) is 12.1 Å². The van der Waals surface area contributed by atoms with Crippen molar-refractivity contribution in [1.82, 2.24) is 0 Å². The van der Waals surface area contributed by atoms with Gasteiger partial charge in [-0.3, -0.25) is 0 Å². The highest BCUT2D eigenvalue weighted by Crippen LogP contribution is 2.48. The van der Waals surface area contributed by atoms with E-state index in [0.717, 1.165) is 21.9 Å². The summed E-state index contributed by atoms with van der Waals surface area (Å²) in [5.74, 6) is 0. The van der Waals surface area contributed by atoms with Crippen molar-refractivity contribution in [3.63, 3.8) is 0 Å².